The van der Waals surface area contributed by atoms with Gasteiger partial charge in [-0.3, -0.25) is 0 Å². The van der Waals surface area contributed by atoms with Crippen molar-refractivity contribution in [3.63, 3.8) is 0 Å². The Morgan fingerprint density at radius 1 is 1.67 bits per heavy atom. The van der Waals surface area contributed by atoms with E-state index < -0.39 is 0 Å². The molecule has 0 unspecified atom stereocenters. The smallest absolute Gasteiger partial charge is 0.107 e. The van der Waals surface area contributed by atoms with Crippen molar-refractivity contribution >= 4 is 0 Å². The molecule has 0 amide bonds. The molecule has 0 atom stereocenters. The molecule has 52 valence electrons. The molecule has 0 bridgehead atoms. The fourth-order valence-electron chi connectivity index (χ4n) is 0.744. The standard InChI is InChI=1S/C6H11NO2/c8-5-4-7-3-1-2-6-9-7/h2,6,8H,1,3-5H2. The Kier molecular flexibility index (Phi) is 2.54. The second-order valence-corrected chi connectivity index (χ2v) is 1.92. The van der Waals surface area contributed by atoms with Gasteiger partial charge in [-0.25, -0.2) is 0 Å². The van der Waals surface area contributed by atoms with Crippen molar-refractivity contribution in [3.8, 4) is 0 Å². The molecule has 0 fully saturated rings. The van der Waals surface area contributed by atoms with Gasteiger partial charge in [-0.1, -0.05) is 0 Å². The zero-order chi connectivity index (χ0) is 6.53. The molecule has 1 rings (SSSR count). The van der Waals surface area contributed by atoms with E-state index >= 15 is 0 Å². The van der Waals surface area contributed by atoms with E-state index in [-0.39, 0.29) is 6.61 Å². The van der Waals surface area contributed by atoms with Crippen LogP contribution in [0.25, 0.3) is 0 Å². The minimum Gasteiger partial charge on any atom is -0.414 e. The van der Waals surface area contributed by atoms with Crippen LogP contribution in [-0.2, 0) is 4.84 Å². The fourth-order valence-corrected chi connectivity index (χ4v) is 0.744. The highest BCUT2D eigenvalue weighted by Gasteiger charge is 2.04. The molecule has 0 saturated carbocycles. The van der Waals surface area contributed by atoms with Crippen LogP contribution in [0.2, 0.25) is 0 Å². The van der Waals surface area contributed by atoms with Crippen LogP contribution in [0.15, 0.2) is 12.3 Å². The predicted octanol–water partition coefficient (Wildman–Crippen LogP) is 0.130. The number of rotatable bonds is 2. The number of hydrogen-bond donors (Lipinski definition) is 1. The van der Waals surface area contributed by atoms with E-state index in [1.807, 2.05) is 6.08 Å². The maximum atomic E-state index is 8.47. The lowest BCUT2D eigenvalue weighted by molar-refractivity contribution is -0.116. The Balaban J connectivity index is 2.18. The first-order chi connectivity index (χ1) is 4.43. The Hall–Kier alpha value is -0.540. The van der Waals surface area contributed by atoms with Crippen molar-refractivity contribution in [1.82, 2.24) is 5.06 Å². The van der Waals surface area contributed by atoms with Crippen LogP contribution < -0.4 is 0 Å². The van der Waals surface area contributed by atoms with E-state index in [0.29, 0.717) is 6.54 Å². The largest absolute Gasteiger partial charge is 0.414 e. The Bertz CT molecular complexity index is 103. The Labute approximate surface area is 54.5 Å². The summed E-state index contributed by atoms with van der Waals surface area (Å²) >= 11 is 0. The summed E-state index contributed by atoms with van der Waals surface area (Å²) < 4.78 is 0. The van der Waals surface area contributed by atoms with Gasteiger partial charge in [-0.05, 0) is 12.5 Å². The second-order valence-electron chi connectivity index (χ2n) is 1.92. The van der Waals surface area contributed by atoms with Crippen molar-refractivity contribution in [2.24, 2.45) is 0 Å². The first kappa shape index (κ1) is 6.58. The van der Waals surface area contributed by atoms with Crippen LogP contribution in [0.1, 0.15) is 6.42 Å². The molecular formula is C6H11NO2. The summed E-state index contributed by atoms with van der Waals surface area (Å²) in [7, 11) is 0. The summed E-state index contributed by atoms with van der Waals surface area (Å²) in [6.07, 6.45) is 4.63. The van der Waals surface area contributed by atoms with Gasteiger partial charge in [0.25, 0.3) is 0 Å². The number of β-amino-alcohol motifs (C(OH)–C–C–N with tert-alkyl or cyclic N) is 1. The minimum absolute atomic E-state index is 0.161. The van der Waals surface area contributed by atoms with Crippen molar-refractivity contribution in [2.75, 3.05) is 19.7 Å². The van der Waals surface area contributed by atoms with Crippen LogP contribution in [-0.4, -0.2) is 29.9 Å². The SMILES string of the molecule is OCCN1CCC=CO1. The van der Waals surface area contributed by atoms with E-state index in [1.54, 1.807) is 11.3 Å². The zero-order valence-corrected chi connectivity index (χ0v) is 5.29. The van der Waals surface area contributed by atoms with E-state index in [2.05, 4.69) is 0 Å². The highest BCUT2D eigenvalue weighted by atomic mass is 16.7. The topological polar surface area (TPSA) is 32.7 Å². The van der Waals surface area contributed by atoms with E-state index in [0.717, 1.165) is 13.0 Å². The van der Waals surface area contributed by atoms with Gasteiger partial charge < -0.3 is 9.94 Å². The first-order valence-corrected chi connectivity index (χ1v) is 3.11. The quantitative estimate of drug-likeness (QED) is 0.575. The molecule has 0 saturated heterocycles. The number of nitrogens with zero attached hydrogens (tertiary/aromatic N) is 1. The van der Waals surface area contributed by atoms with Gasteiger partial charge in [0.05, 0.1) is 13.2 Å². The number of aliphatic hydroxyl groups is 1. The molecule has 3 nitrogen and oxygen atoms in total. The summed E-state index contributed by atoms with van der Waals surface area (Å²) in [5.41, 5.74) is 0. The molecular weight excluding hydrogens is 118 g/mol. The zero-order valence-electron chi connectivity index (χ0n) is 5.29. The van der Waals surface area contributed by atoms with Gasteiger partial charge in [0, 0.05) is 6.54 Å². The van der Waals surface area contributed by atoms with Crippen molar-refractivity contribution in [1.29, 1.82) is 0 Å². The Morgan fingerprint density at radius 3 is 3.11 bits per heavy atom. The number of hydrogen-bond acceptors (Lipinski definition) is 3. The molecule has 0 aromatic heterocycles. The monoisotopic (exact) mass is 129 g/mol. The molecule has 0 aliphatic carbocycles. The number of aliphatic hydroxyl groups excluding tert-OH is 1. The molecule has 1 aliphatic rings. The van der Waals surface area contributed by atoms with Gasteiger partial charge in [0.2, 0.25) is 0 Å². The van der Waals surface area contributed by atoms with E-state index in [9.17, 15) is 0 Å². The fraction of sp³-hybridized carbons (Fsp3) is 0.667. The molecule has 1 N–H and O–H groups in total. The van der Waals surface area contributed by atoms with Crippen LogP contribution in [0.5, 0.6) is 0 Å². The summed E-state index contributed by atoms with van der Waals surface area (Å²) in [6, 6.07) is 0. The van der Waals surface area contributed by atoms with Gasteiger partial charge in [0.15, 0.2) is 0 Å². The summed E-state index contributed by atoms with van der Waals surface area (Å²) in [6.45, 7) is 1.65. The molecule has 1 aliphatic heterocycles. The third kappa shape index (κ3) is 2.03. The van der Waals surface area contributed by atoms with Crippen LogP contribution >= 0.6 is 0 Å². The van der Waals surface area contributed by atoms with Crippen molar-refractivity contribution in [3.05, 3.63) is 12.3 Å². The van der Waals surface area contributed by atoms with Gasteiger partial charge in [-0.15, -0.1) is 5.06 Å². The molecule has 0 radical (unpaired) electrons. The maximum Gasteiger partial charge on any atom is 0.107 e. The molecule has 3 heteroatoms. The third-order valence-corrected chi connectivity index (χ3v) is 1.20. The lowest BCUT2D eigenvalue weighted by atomic mass is 10.4. The van der Waals surface area contributed by atoms with E-state index in [1.165, 1.54) is 0 Å². The van der Waals surface area contributed by atoms with Crippen molar-refractivity contribution < 1.29 is 9.94 Å². The Morgan fingerprint density at radius 2 is 2.56 bits per heavy atom. The second kappa shape index (κ2) is 3.48. The minimum atomic E-state index is 0.161. The molecule has 0 aromatic carbocycles. The van der Waals surface area contributed by atoms with Gasteiger partial charge in [-0.2, -0.15) is 0 Å². The average Bonchev–Trinajstić information content (AvgIpc) is 1.91. The van der Waals surface area contributed by atoms with Crippen molar-refractivity contribution in [2.45, 2.75) is 6.42 Å². The molecule has 1 heterocycles. The average molecular weight is 129 g/mol. The highest BCUT2D eigenvalue weighted by Crippen LogP contribution is 2.00. The molecule has 9 heavy (non-hydrogen) atoms. The molecule has 0 aromatic rings. The first-order valence-electron chi connectivity index (χ1n) is 3.11. The lowest BCUT2D eigenvalue weighted by Gasteiger charge is -2.21. The summed E-state index contributed by atoms with van der Waals surface area (Å²) in [5.74, 6) is 0. The summed E-state index contributed by atoms with van der Waals surface area (Å²) in [5, 5.41) is 10.2. The molecule has 0 spiro atoms. The summed E-state index contributed by atoms with van der Waals surface area (Å²) in [4.78, 5) is 5.01. The lowest BCUT2D eigenvalue weighted by Crippen LogP contribution is -2.28. The number of hydroxylamine groups is 2. The van der Waals surface area contributed by atoms with Crippen LogP contribution in [0, 0.1) is 0 Å². The van der Waals surface area contributed by atoms with Gasteiger partial charge >= 0.3 is 0 Å². The predicted molar refractivity (Wildman–Crippen MR) is 33.5 cm³/mol. The van der Waals surface area contributed by atoms with E-state index in [4.69, 9.17) is 9.94 Å². The maximum absolute atomic E-state index is 8.47. The van der Waals surface area contributed by atoms with Gasteiger partial charge in [0.1, 0.15) is 6.26 Å². The normalized spacial score (nSPS) is 19.7. The van der Waals surface area contributed by atoms with Crippen LogP contribution in [0.4, 0.5) is 0 Å². The highest BCUT2D eigenvalue weighted by molar-refractivity contribution is 4.77. The third-order valence-electron chi connectivity index (χ3n) is 1.20. The van der Waals surface area contributed by atoms with Crippen LogP contribution in [0.3, 0.4) is 0 Å².